The van der Waals surface area contributed by atoms with Crippen LogP contribution in [0, 0.1) is 0 Å². The summed E-state index contributed by atoms with van der Waals surface area (Å²) >= 11 is 0. The van der Waals surface area contributed by atoms with Crippen molar-refractivity contribution in [2.24, 2.45) is 5.11 Å². The molecule has 5 atom stereocenters. The minimum absolute atomic E-state index is 0.190. The predicted octanol–water partition coefficient (Wildman–Crippen LogP) is 4.38. The average Bonchev–Trinajstić information content (AvgIpc) is 2.94. The Morgan fingerprint density at radius 1 is 0.854 bits per heavy atom. The van der Waals surface area contributed by atoms with Crippen molar-refractivity contribution in [2.75, 3.05) is 6.61 Å². The van der Waals surface area contributed by atoms with Crippen LogP contribution in [0.1, 0.15) is 31.9 Å². The lowest BCUT2D eigenvalue weighted by Crippen LogP contribution is -2.60. The number of benzene rings is 2. The predicted molar refractivity (Wildman–Crippen MR) is 140 cm³/mol. The SMILES string of the molecule is CC(=O)OC[C@H]1O[C@@H](OP(=O)(OCc2ccccc2)OCc2ccccc2)[C@H](OC(C)=O)[C@@H](N=[N+]=[N-])[C@@H]1OC(C)=O. The van der Waals surface area contributed by atoms with Crippen molar-refractivity contribution in [3.05, 3.63) is 82.2 Å². The van der Waals surface area contributed by atoms with E-state index in [9.17, 15) is 24.5 Å². The van der Waals surface area contributed by atoms with Crippen LogP contribution in [0.4, 0.5) is 0 Å². The van der Waals surface area contributed by atoms with Crippen molar-refractivity contribution in [3.8, 4) is 0 Å². The quantitative estimate of drug-likeness (QED) is 0.0805. The largest absolute Gasteiger partial charge is 0.477 e. The highest BCUT2D eigenvalue weighted by molar-refractivity contribution is 7.48. The van der Waals surface area contributed by atoms with E-state index in [1.807, 2.05) is 0 Å². The fourth-order valence-electron chi connectivity index (χ4n) is 3.84. The molecule has 1 fully saturated rings. The summed E-state index contributed by atoms with van der Waals surface area (Å²) in [6, 6.07) is 16.1. The zero-order valence-electron chi connectivity index (χ0n) is 22.6. The molecule has 220 valence electrons. The van der Waals surface area contributed by atoms with Crippen molar-refractivity contribution < 1.29 is 51.5 Å². The molecule has 0 unspecified atom stereocenters. The highest BCUT2D eigenvalue weighted by Crippen LogP contribution is 2.53. The van der Waals surface area contributed by atoms with E-state index < -0.39 is 63.0 Å². The molecular weight excluding hydrogens is 561 g/mol. The van der Waals surface area contributed by atoms with Crippen LogP contribution in [0.15, 0.2) is 65.8 Å². The first kappa shape index (κ1) is 31.8. The van der Waals surface area contributed by atoms with Gasteiger partial charge < -0.3 is 18.9 Å². The van der Waals surface area contributed by atoms with Gasteiger partial charge in [0.15, 0.2) is 6.10 Å². The number of phosphoric acid groups is 1. The summed E-state index contributed by atoms with van der Waals surface area (Å²) in [5, 5.41) is 3.65. The van der Waals surface area contributed by atoms with Gasteiger partial charge in [0.1, 0.15) is 24.9 Å². The minimum Gasteiger partial charge on any atom is -0.463 e. The second-order valence-electron chi connectivity index (χ2n) is 8.76. The van der Waals surface area contributed by atoms with Crippen molar-refractivity contribution in [2.45, 2.75) is 64.6 Å². The third kappa shape index (κ3) is 9.98. The van der Waals surface area contributed by atoms with Crippen molar-refractivity contribution in [1.82, 2.24) is 0 Å². The number of esters is 3. The van der Waals surface area contributed by atoms with Crippen molar-refractivity contribution in [3.63, 3.8) is 0 Å². The van der Waals surface area contributed by atoms with Gasteiger partial charge in [0.25, 0.3) is 0 Å². The molecule has 41 heavy (non-hydrogen) atoms. The Labute approximate surface area is 236 Å². The molecule has 0 radical (unpaired) electrons. The minimum atomic E-state index is -4.52. The van der Waals surface area contributed by atoms with Gasteiger partial charge >= 0.3 is 25.7 Å². The van der Waals surface area contributed by atoms with Crippen LogP contribution in [0.5, 0.6) is 0 Å². The summed E-state index contributed by atoms with van der Waals surface area (Å²) in [5.41, 5.74) is 10.6. The van der Waals surface area contributed by atoms with E-state index in [1.165, 1.54) is 0 Å². The molecule has 0 N–H and O–H groups in total. The Morgan fingerprint density at radius 3 is 1.83 bits per heavy atom. The molecular formula is C26H30N3O11P. The summed E-state index contributed by atoms with van der Waals surface area (Å²) < 4.78 is 52.6. The summed E-state index contributed by atoms with van der Waals surface area (Å²) in [6.45, 7) is 2.47. The molecule has 14 nitrogen and oxygen atoms in total. The number of nitrogens with zero attached hydrogens (tertiary/aromatic N) is 3. The first-order valence-electron chi connectivity index (χ1n) is 12.4. The van der Waals surface area contributed by atoms with E-state index >= 15 is 0 Å². The van der Waals surface area contributed by atoms with E-state index in [2.05, 4.69) is 10.0 Å². The van der Waals surface area contributed by atoms with Gasteiger partial charge in [-0.3, -0.25) is 28.0 Å². The summed E-state index contributed by atoms with van der Waals surface area (Å²) in [6.07, 6.45) is -5.97. The number of carbonyl (C=O) groups excluding carboxylic acids is 3. The molecule has 3 rings (SSSR count). The first-order valence-corrected chi connectivity index (χ1v) is 13.9. The maximum Gasteiger partial charge on any atom is 0.477 e. The normalized spacial score (nSPS) is 22.2. The monoisotopic (exact) mass is 591 g/mol. The standard InChI is InChI=1S/C26H30N3O11P/c1-17(30)34-16-22-24(37-18(2)31)23(28-29-27)25(38-19(3)32)26(39-22)40-41(33,35-14-20-10-6-4-7-11-20)36-15-21-12-8-5-9-13-21/h4-13,22-26H,14-16H2,1-3H3/t22-,23+,24-,25-,26+/m1/s1. The van der Waals surface area contributed by atoms with Gasteiger partial charge in [-0.2, -0.15) is 0 Å². The molecule has 2 aromatic carbocycles. The molecule has 1 aliphatic rings. The lowest BCUT2D eigenvalue weighted by atomic mass is 9.96. The number of hydrogen-bond donors (Lipinski definition) is 0. The molecule has 0 aromatic heterocycles. The second kappa shape index (κ2) is 15.3. The van der Waals surface area contributed by atoms with E-state index in [0.717, 1.165) is 20.8 Å². The highest BCUT2D eigenvalue weighted by Gasteiger charge is 2.53. The Morgan fingerprint density at radius 2 is 1.37 bits per heavy atom. The molecule has 0 spiro atoms. The van der Waals surface area contributed by atoms with Gasteiger partial charge in [-0.1, -0.05) is 65.8 Å². The van der Waals surface area contributed by atoms with Gasteiger partial charge in [-0.15, -0.1) is 0 Å². The second-order valence-corrected chi connectivity index (χ2v) is 10.4. The van der Waals surface area contributed by atoms with Crippen LogP contribution in [-0.2, 0) is 64.7 Å². The van der Waals surface area contributed by atoms with Gasteiger partial charge in [0, 0.05) is 25.7 Å². The summed E-state index contributed by atoms with van der Waals surface area (Å²) in [5.74, 6) is -2.30. The van der Waals surface area contributed by atoms with E-state index in [0.29, 0.717) is 11.1 Å². The van der Waals surface area contributed by atoms with Crippen LogP contribution in [0.25, 0.3) is 10.4 Å². The number of carbonyl (C=O) groups is 3. The molecule has 0 amide bonds. The Bertz CT molecular complexity index is 1230. The van der Waals surface area contributed by atoms with Crippen molar-refractivity contribution >= 4 is 25.7 Å². The van der Waals surface area contributed by atoms with Crippen LogP contribution < -0.4 is 0 Å². The zero-order chi connectivity index (χ0) is 29.8. The molecule has 1 heterocycles. The molecule has 15 heteroatoms. The lowest BCUT2D eigenvalue weighted by molar-refractivity contribution is -0.263. The summed E-state index contributed by atoms with van der Waals surface area (Å²) in [7, 11) is -4.52. The smallest absolute Gasteiger partial charge is 0.463 e. The molecule has 0 bridgehead atoms. The Hall–Kier alpha value is -3.77. The Kier molecular flexibility index (Phi) is 11.8. The molecule has 0 saturated carbocycles. The van der Waals surface area contributed by atoms with Gasteiger partial charge in [0.2, 0.25) is 6.29 Å². The number of rotatable bonds is 13. The molecule has 1 saturated heterocycles. The van der Waals surface area contributed by atoms with Gasteiger partial charge in [-0.05, 0) is 16.7 Å². The molecule has 2 aromatic rings. The van der Waals surface area contributed by atoms with Crippen LogP contribution in [0.2, 0.25) is 0 Å². The van der Waals surface area contributed by atoms with E-state index in [1.54, 1.807) is 60.7 Å². The first-order chi connectivity index (χ1) is 19.6. The topological polar surface area (TPSA) is 182 Å². The molecule has 1 aliphatic heterocycles. The average molecular weight is 592 g/mol. The highest BCUT2D eigenvalue weighted by atomic mass is 31.2. The van der Waals surface area contributed by atoms with Crippen LogP contribution >= 0.6 is 7.82 Å². The number of hydrogen-bond acceptors (Lipinski definition) is 12. The third-order valence-electron chi connectivity index (χ3n) is 5.55. The third-order valence-corrected chi connectivity index (χ3v) is 6.91. The van der Waals surface area contributed by atoms with Gasteiger partial charge in [0.05, 0.1) is 13.2 Å². The van der Waals surface area contributed by atoms with Crippen LogP contribution in [0.3, 0.4) is 0 Å². The lowest BCUT2D eigenvalue weighted by Gasteiger charge is -2.43. The fraction of sp³-hybridized carbons (Fsp3) is 0.423. The number of ether oxygens (including phenoxy) is 4. The maximum atomic E-state index is 14.0. The number of phosphoric ester groups is 1. The fourth-order valence-corrected chi connectivity index (χ4v) is 5.07. The van der Waals surface area contributed by atoms with Gasteiger partial charge in [-0.25, -0.2) is 4.57 Å². The maximum absolute atomic E-state index is 14.0. The number of azide groups is 1. The van der Waals surface area contributed by atoms with Crippen molar-refractivity contribution in [1.29, 1.82) is 0 Å². The van der Waals surface area contributed by atoms with Crippen LogP contribution in [-0.4, -0.2) is 55.2 Å². The van der Waals surface area contributed by atoms with E-state index in [4.69, 9.17) is 32.5 Å². The zero-order valence-corrected chi connectivity index (χ0v) is 23.5. The van der Waals surface area contributed by atoms with E-state index in [-0.39, 0.29) is 13.2 Å². The Balaban J connectivity index is 1.97. The molecule has 0 aliphatic carbocycles. The summed E-state index contributed by atoms with van der Waals surface area (Å²) in [4.78, 5) is 38.2.